The minimum Gasteiger partial charge on any atom is -0.496 e. The first-order chi connectivity index (χ1) is 16.0. The number of aromatic nitrogens is 2. The number of rotatable bonds is 7. The lowest BCUT2D eigenvalue weighted by Gasteiger charge is -2.15. The fraction of sp³-hybridized carbons (Fsp3) is 0.261. The summed E-state index contributed by atoms with van der Waals surface area (Å²) in [7, 11) is 1.37. The Morgan fingerprint density at radius 2 is 1.94 bits per heavy atom. The maximum absolute atomic E-state index is 13.5. The van der Waals surface area contributed by atoms with E-state index in [1.54, 1.807) is 24.3 Å². The predicted molar refractivity (Wildman–Crippen MR) is 116 cm³/mol. The lowest BCUT2D eigenvalue weighted by molar-refractivity contribution is -0.173. The Kier molecular flexibility index (Phi) is 7.10. The second kappa shape index (κ2) is 9.82. The summed E-state index contributed by atoms with van der Waals surface area (Å²) in [5.41, 5.74) is 7.22. The van der Waals surface area contributed by atoms with Crippen LogP contribution in [-0.2, 0) is 13.1 Å². The number of benzene rings is 2. The molecule has 0 bridgehead atoms. The predicted octanol–water partition coefficient (Wildman–Crippen LogP) is 4.28. The van der Waals surface area contributed by atoms with Crippen LogP contribution in [-0.4, -0.2) is 29.0 Å². The third-order valence-electron chi connectivity index (χ3n) is 5.20. The molecule has 3 N–H and O–H groups in total. The molecule has 0 aliphatic rings. The molecule has 1 aromatic heterocycles. The number of nitrogens with two attached hydrogens (primary N) is 1. The van der Waals surface area contributed by atoms with Crippen LogP contribution in [0.5, 0.6) is 5.75 Å². The van der Waals surface area contributed by atoms with Gasteiger partial charge >= 0.3 is 6.18 Å². The van der Waals surface area contributed by atoms with Gasteiger partial charge in [0.25, 0.3) is 5.91 Å². The zero-order valence-electron chi connectivity index (χ0n) is 18.3. The van der Waals surface area contributed by atoms with Crippen LogP contribution >= 0.6 is 0 Å². The summed E-state index contributed by atoms with van der Waals surface area (Å²) in [6.07, 6.45) is -4.42. The van der Waals surface area contributed by atoms with Crippen molar-refractivity contribution in [2.75, 3.05) is 12.8 Å². The lowest BCUT2D eigenvalue weighted by Crippen LogP contribution is -2.25. The minimum absolute atomic E-state index is 0.0198. The summed E-state index contributed by atoms with van der Waals surface area (Å²) in [5, 5.41) is 16.2. The quantitative estimate of drug-likeness (QED) is 0.496. The molecule has 0 aliphatic heterocycles. The number of carbonyl (C=O) groups excluding carboxylic acids is 1. The van der Waals surface area contributed by atoms with Crippen molar-refractivity contribution < 1.29 is 27.1 Å². The van der Waals surface area contributed by atoms with Crippen molar-refractivity contribution in [1.29, 1.82) is 5.26 Å². The average Bonchev–Trinajstić information content (AvgIpc) is 3.12. The molecule has 178 valence electrons. The summed E-state index contributed by atoms with van der Waals surface area (Å²) in [5.74, 6) is -2.72. The van der Waals surface area contributed by atoms with Gasteiger partial charge in [-0.2, -0.15) is 23.5 Å². The fourth-order valence-corrected chi connectivity index (χ4v) is 3.21. The number of nitrogen functional groups attached to an aromatic ring is 1. The van der Waals surface area contributed by atoms with Gasteiger partial charge in [-0.15, -0.1) is 0 Å². The molecule has 7 nitrogen and oxygen atoms in total. The van der Waals surface area contributed by atoms with Crippen LogP contribution in [0.1, 0.15) is 28.4 Å². The van der Waals surface area contributed by atoms with E-state index < -0.39 is 30.4 Å². The number of nitrogens with one attached hydrogen (secondary N) is 1. The Bertz CT molecular complexity index is 1230. The van der Waals surface area contributed by atoms with Gasteiger partial charge < -0.3 is 15.8 Å². The van der Waals surface area contributed by atoms with Crippen LogP contribution in [0.25, 0.3) is 11.3 Å². The number of hydrogen-bond donors (Lipinski definition) is 2. The van der Waals surface area contributed by atoms with Gasteiger partial charge in [-0.1, -0.05) is 31.2 Å². The molecule has 3 aromatic rings. The van der Waals surface area contributed by atoms with E-state index in [0.29, 0.717) is 11.1 Å². The first-order valence-electron chi connectivity index (χ1n) is 10.1. The number of nitriles is 1. The summed E-state index contributed by atoms with van der Waals surface area (Å²) in [6, 6.07) is 12.1. The number of hydrogen-bond acceptors (Lipinski definition) is 5. The van der Waals surface area contributed by atoms with E-state index in [-0.39, 0.29) is 34.9 Å². The van der Waals surface area contributed by atoms with Gasteiger partial charge in [0.1, 0.15) is 34.7 Å². The van der Waals surface area contributed by atoms with Crippen LogP contribution in [0.15, 0.2) is 42.5 Å². The second-order valence-corrected chi connectivity index (χ2v) is 7.57. The first-order valence-corrected chi connectivity index (χ1v) is 10.1. The fourth-order valence-electron chi connectivity index (χ4n) is 3.21. The Morgan fingerprint density at radius 3 is 2.53 bits per heavy atom. The van der Waals surface area contributed by atoms with Crippen LogP contribution in [0.3, 0.4) is 0 Å². The van der Waals surface area contributed by atoms with E-state index in [2.05, 4.69) is 10.4 Å². The van der Waals surface area contributed by atoms with Gasteiger partial charge in [-0.05, 0) is 23.8 Å². The van der Waals surface area contributed by atoms with Gasteiger partial charge in [0, 0.05) is 12.1 Å². The zero-order valence-corrected chi connectivity index (χ0v) is 18.3. The number of amides is 1. The summed E-state index contributed by atoms with van der Waals surface area (Å²) >= 11 is 0. The molecule has 0 spiro atoms. The molecule has 0 saturated carbocycles. The van der Waals surface area contributed by atoms with Gasteiger partial charge in [-0.25, -0.2) is 9.07 Å². The molecule has 0 aliphatic carbocycles. The maximum Gasteiger partial charge on any atom is 0.393 e. The smallest absolute Gasteiger partial charge is 0.393 e. The van der Waals surface area contributed by atoms with E-state index in [1.807, 2.05) is 6.07 Å². The van der Waals surface area contributed by atoms with Crippen LogP contribution < -0.4 is 15.8 Å². The molecule has 3 rings (SSSR count). The number of carbonyl (C=O) groups is 1. The number of anilines is 1. The van der Waals surface area contributed by atoms with Crippen molar-refractivity contribution in [2.45, 2.75) is 26.2 Å². The number of nitrogens with zero attached hydrogens (tertiary/aromatic N) is 3. The molecular weight excluding hydrogens is 454 g/mol. The van der Waals surface area contributed by atoms with Crippen LogP contribution in [0.4, 0.5) is 23.4 Å². The molecule has 1 unspecified atom stereocenters. The second-order valence-electron chi connectivity index (χ2n) is 7.57. The highest BCUT2D eigenvalue weighted by Crippen LogP contribution is 2.31. The van der Waals surface area contributed by atoms with Gasteiger partial charge in [0.15, 0.2) is 0 Å². The lowest BCUT2D eigenvalue weighted by atomic mass is 10.1. The van der Waals surface area contributed by atoms with Crippen LogP contribution in [0.2, 0.25) is 0 Å². The van der Waals surface area contributed by atoms with Crippen molar-refractivity contribution in [3.8, 4) is 23.1 Å². The standard InChI is InChI=1S/C23H21F4N5O2/c1-13(23(25,26)27)12-32-21(29)18(10-28)20(31-32)15-5-3-14(4-6-15)11-30-22(33)17-9-16(24)7-8-19(17)34-2/h3-9,13H,11-12,29H2,1-2H3,(H,30,33). The van der Waals surface area contributed by atoms with Crippen molar-refractivity contribution >= 4 is 11.7 Å². The molecule has 11 heteroatoms. The minimum atomic E-state index is -4.42. The van der Waals surface area contributed by atoms with E-state index >= 15 is 0 Å². The molecular formula is C23H21F4N5O2. The van der Waals surface area contributed by atoms with Gasteiger partial charge in [0.2, 0.25) is 0 Å². The summed E-state index contributed by atoms with van der Waals surface area (Å²) < 4.78 is 58.3. The molecule has 2 aromatic carbocycles. The molecule has 34 heavy (non-hydrogen) atoms. The molecule has 1 atom stereocenters. The summed E-state index contributed by atoms with van der Waals surface area (Å²) in [4.78, 5) is 12.4. The van der Waals surface area contributed by atoms with Gasteiger partial charge in [-0.3, -0.25) is 4.79 Å². The van der Waals surface area contributed by atoms with Gasteiger partial charge in [0.05, 0.1) is 25.1 Å². The normalized spacial score (nSPS) is 12.1. The third-order valence-corrected chi connectivity index (χ3v) is 5.20. The largest absolute Gasteiger partial charge is 0.496 e. The highest BCUT2D eigenvalue weighted by Gasteiger charge is 2.37. The molecule has 0 fully saturated rings. The number of alkyl halides is 3. The third kappa shape index (κ3) is 5.28. The van der Waals surface area contributed by atoms with E-state index in [9.17, 15) is 27.6 Å². The monoisotopic (exact) mass is 475 g/mol. The number of halogens is 4. The van der Waals surface area contributed by atoms with Crippen molar-refractivity contribution in [2.24, 2.45) is 5.92 Å². The number of methoxy groups -OCH3 is 1. The first kappa shape index (κ1) is 24.6. The average molecular weight is 475 g/mol. The maximum atomic E-state index is 13.5. The van der Waals surface area contributed by atoms with Crippen molar-refractivity contribution in [1.82, 2.24) is 15.1 Å². The van der Waals surface area contributed by atoms with Crippen molar-refractivity contribution in [3.63, 3.8) is 0 Å². The molecule has 0 radical (unpaired) electrons. The van der Waals surface area contributed by atoms with E-state index in [0.717, 1.165) is 17.7 Å². The number of ether oxygens (including phenoxy) is 1. The topological polar surface area (TPSA) is 106 Å². The highest BCUT2D eigenvalue weighted by atomic mass is 19.4. The Balaban J connectivity index is 1.76. The summed E-state index contributed by atoms with van der Waals surface area (Å²) in [6.45, 7) is 0.608. The Morgan fingerprint density at radius 1 is 1.26 bits per heavy atom. The van der Waals surface area contributed by atoms with E-state index in [4.69, 9.17) is 10.5 Å². The SMILES string of the molecule is COc1ccc(F)cc1C(=O)NCc1ccc(-c2nn(CC(C)C(F)(F)F)c(N)c2C#N)cc1. The molecule has 1 heterocycles. The Labute approximate surface area is 192 Å². The molecule has 0 saturated heterocycles. The zero-order chi connectivity index (χ0) is 25.0. The van der Waals surface area contributed by atoms with E-state index in [1.165, 1.54) is 19.2 Å². The highest BCUT2D eigenvalue weighted by molar-refractivity contribution is 5.96. The molecule has 1 amide bonds. The Hall–Kier alpha value is -4.07. The van der Waals surface area contributed by atoms with Crippen molar-refractivity contribution in [3.05, 3.63) is 65.0 Å². The van der Waals surface area contributed by atoms with Crippen LogP contribution in [0, 0.1) is 23.1 Å².